The van der Waals surface area contributed by atoms with Gasteiger partial charge in [0, 0.05) is 51.4 Å². The van der Waals surface area contributed by atoms with Crippen molar-refractivity contribution in [3.05, 3.63) is 24.0 Å². The average Bonchev–Trinajstić information content (AvgIpc) is 3.39. The topological polar surface area (TPSA) is 48.8 Å². The number of nitrogens with zero attached hydrogens (tertiary/aromatic N) is 4. The lowest BCUT2D eigenvalue weighted by atomic mass is 9.72. The van der Waals surface area contributed by atoms with Crippen LogP contribution < -0.4 is 0 Å². The van der Waals surface area contributed by atoms with E-state index in [0.717, 1.165) is 57.7 Å². The number of carbonyl (C=O) groups is 2. The van der Waals surface area contributed by atoms with Crippen molar-refractivity contribution in [1.82, 2.24) is 19.3 Å². The van der Waals surface area contributed by atoms with Gasteiger partial charge in [-0.2, -0.15) is 0 Å². The Morgan fingerprint density at radius 2 is 1.96 bits per heavy atom. The van der Waals surface area contributed by atoms with Crippen LogP contribution in [0.15, 0.2) is 18.3 Å². The third-order valence-electron chi connectivity index (χ3n) is 6.61. The standard InChI is InChI=1S/C21H32N4O2/c1-22(2)14-15-24-16-21(8-7-19(24)26)9-12-23(13-10-21)20(27)18-4-3-11-25(18)17-5-6-17/h3-4,11,17H,5-10,12-16H2,1-2H3. The first-order chi connectivity index (χ1) is 13.0. The zero-order valence-electron chi connectivity index (χ0n) is 16.7. The highest BCUT2D eigenvalue weighted by molar-refractivity contribution is 5.93. The van der Waals surface area contributed by atoms with Crippen LogP contribution >= 0.6 is 0 Å². The fourth-order valence-electron chi connectivity index (χ4n) is 4.63. The molecular weight excluding hydrogens is 340 g/mol. The summed E-state index contributed by atoms with van der Waals surface area (Å²) in [6.45, 7) is 4.20. The molecule has 2 saturated heterocycles. The number of likely N-dealkylation sites (N-methyl/N-ethyl adjacent to an activating group) is 1. The quantitative estimate of drug-likeness (QED) is 0.796. The van der Waals surface area contributed by atoms with Gasteiger partial charge < -0.3 is 19.3 Å². The van der Waals surface area contributed by atoms with Gasteiger partial charge in [0.2, 0.25) is 5.91 Å². The first-order valence-electron chi connectivity index (χ1n) is 10.4. The molecular formula is C21H32N4O2. The van der Waals surface area contributed by atoms with E-state index in [1.807, 2.05) is 37.3 Å². The molecule has 0 atom stereocenters. The lowest BCUT2D eigenvalue weighted by molar-refractivity contribution is -0.139. The molecule has 27 heavy (non-hydrogen) atoms. The van der Waals surface area contributed by atoms with Gasteiger partial charge in [-0.1, -0.05) is 0 Å². The molecule has 2 aliphatic heterocycles. The van der Waals surface area contributed by atoms with Gasteiger partial charge in [-0.05, 0) is 63.7 Å². The van der Waals surface area contributed by atoms with Gasteiger partial charge in [-0.15, -0.1) is 0 Å². The van der Waals surface area contributed by atoms with Crippen LogP contribution in [-0.2, 0) is 4.79 Å². The Kier molecular flexibility index (Phi) is 5.01. The van der Waals surface area contributed by atoms with Crippen LogP contribution in [-0.4, -0.2) is 77.9 Å². The van der Waals surface area contributed by atoms with Gasteiger partial charge in [0.1, 0.15) is 5.69 Å². The van der Waals surface area contributed by atoms with Crippen molar-refractivity contribution < 1.29 is 9.59 Å². The third-order valence-corrected chi connectivity index (χ3v) is 6.61. The van der Waals surface area contributed by atoms with Crippen molar-refractivity contribution in [2.75, 3.05) is 46.8 Å². The first-order valence-corrected chi connectivity index (χ1v) is 10.4. The molecule has 6 nitrogen and oxygen atoms in total. The second-order valence-electron chi connectivity index (χ2n) is 8.94. The number of rotatable bonds is 5. The fraction of sp³-hybridized carbons (Fsp3) is 0.714. The summed E-state index contributed by atoms with van der Waals surface area (Å²) in [5.74, 6) is 0.473. The number of amides is 2. The monoisotopic (exact) mass is 372 g/mol. The minimum atomic E-state index is 0.179. The van der Waals surface area contributed by atoms with Crippen LogP contribution in [0.3, 0.4) is 0 Å². The van der Waals surface area contributed by atoms with Crippen molar-refractivity contribution >= 4 is 11.8 Å². The predicted octanol–water partition coefficient (Wildman–Crippen LogP) is 2.23. The molecule has 1 spiro atoms. The Balaban J connectivity index is 1.37. The highest BCUT2D eigenvalue weighted by atomic mass is 16.2. The molecule has 0 unspecified atom stereocenters. The molecule has 1 aromatic rings. The molecule has 0 bridgehead atoms. The lowest BCUT2D eigenvalue weighted by Crippen LogP contribution is -2.53. The Morgan fingerprint density at radius 1 is 1.22 bits per heavy atom. The van der Waals surface area contributed by atoms with Crippen molar-refractivity contribution in [3.63, 3.8) is 0 Å². The van der Waals surface area contributed by atoms with E-state index in [1.54, 1.807) is 0 Å². The SMILES string of the molecule is CN(C)CCN1CC2(CCC1=O)CCN(C(=O)c1cccn1C1CC1)CC2. The molecule has 0 radical (unpaired) electrons. The smallest absolute Gasteiger partial charge is 0.270 e. The summed E-state index contributed by atoms with van der Waals surface area (Å²) in [5, 5.41) is 0. The van der Waals surface area contributed by atoms with Crippen molar-refractivity contribution in [2.24, 2.45) is 5.41 Å². The zero-order valence-corrected chi connectivity index (χ0v) is 16.7. The Hall–Kier alpha value is -1.82. The molecule has 0 N–H and O–H groups in total. The predicted molar refractivity (Wildman–Crippen MR) is 105 cm³/mol. The average molecular weight is 373 g/mol. The van der Waals surface area contributed by atoms with Gasteiger partial charge in [0.15, 0.2) is 0 Å². The highest BCUT2D eigenvalue weighted by Gasteiger charge is 2.42. The first kappa shape index (κ1) is 18.5. The molecule has 2 amide bonds. The van der Waals surface area contributed by atoms with Crippen LogP contribution in [0.25, 0.3) is 0 Å². The van der Waals surface area contributed by atoms with E-state index in [2.05, 4.69) is 14.4 Å². The Bertz CT molecular complexity index is 699. The normalized spacial score (nSPS) is 22.7. The molecule has 1 aromatic heterocycles. The maximum Gasteiger partial charge on any atom is 0.270 e. The number of hydrogen-bond donors (Lipinski definition) is 0. The molecule has 3 aliphatic rings. The minimum absolute atomic E-state index is 0.179. The maximum absolute atomic E-state index is 13.0. The minimum Gasteiger partial charge on any atom is -0.341 e. The largest absolute Gasteiger partial charge is 0.341 e. The summed E-state index contributed by atoms with van der Waals surface area (Å²) in [6.07, 6.45) is 8.08. The molecule has 148 valence electrons. The number of piperidine rings is 2. The van der Waals surface area contributed by atoms with Gasteiger partial charge in [-0.25, -0.2) is 0 Å². The summed E-state index contributed by atoms with van der Waals surface area (Å²) >= 11 is 0. The van der Waals surface area contributed by atoms with Crippen LogP contribution in [0, 0.1) is 5.41 Å². The molecule has 0 aromatic carbocycles. The second kappa shape index (κ2) is 7.30. The van der Waals surface area contributed by atoms with E-state index in [1.165, 1.54) is 12.8 Å². The van der Waals surface area contributed by atoms with E-state index >= 15 is 0 Å². The Morgan fingerprint density at radius 3 is 2.63 bits per heavy atom. The van der Waals surface area contributed by atoms with E-state index in [-0.39, 0.29) is 11.3 Å². The summed E-state index contributed by atoms with van der Waals surface area (Å²) in [6, 6.07) is 4.49. The number of likely N-dealkylation sites (tertiary alicyclic amines) is 2. The van der Waals surface area contributed by atoms with Crippen LogP contribution in [0.2, 0.25) is 0 Å². The van der Waals surface area contributed by atoms with Gasteiger partial charge in [0.25, 0.3) is 5.91 Å². The van der Waals surface area contributed by atoms with E-state index in [0.29, 0.717) is 18.4 Å². The van der Waals surface area contributed by atoms with Crippen LogP contribution in [0.5, 0.6) is 0 Å². The lowest BCUT2D eigenvalue weighted by Gasteiger charge is -2.47. The van der Waals surface area contributed by atoms with E-state index < -0.39 is 0 Å². The third kappa shape index (κ3) is 3.91. The van der Waals surface area contributed by atoms with Crippen LogP contribution in [0.1, 0.15) is 55.1 Å². The van der Waals surface area contributed by atoms with Crippen molar-refractivity contribution in [3.8, 4) is 0 Å². The van der Waals surface area contributed by atoms with Crippen molar-refractivity contribution in [2.45, 2.75) is 44.6 Å². The second-order valence-corrected chi connectivity index (χ2v) is 8.94. The van der Waals surface area contributed by atoms with Gasteiger partial charge in [-0.3, -0.25) is 9.59 Å². The zero-order chi connectivity index (χ0) is 19.0. The van der Waals surface area contributed by atoms with E-state index in [9.17, 15) is 9.59 Å². The molecule has 6 heteroatoms. The fourth-order valence-corrected chi connectivity index (χ4v) is 4.63. The van der Waals surface area contributed by atoms with Crippen molar-refractivity contribution in [1.29, 1.82) is 0 Å². The van der Waals surface area contributed by atoms with Gasteiger partial charge >= 0.3 is 0 Å². The van der Waals surface area contributed by atoms with Gasteiger partial charge in [0.05, 0.1) is 0 Å². The maximum atomic E-state index is 13.0. The molecule has 1 aliphatic carbocycles. The number of aromatic nitrogens is 1. The summed E-state index contributed by atoms with van der Waals surface area (Å²) < 4.78 is 2.16. The highest BCUT2D eigenvalue weighted by Crippen LogP contribution is 2.41. The molecule has 3 fully saturated rings. The van der Waals surface area contributed by atoms with E-state index in [4.69, 9.17) is 0 Å². The number of hydrogen-bond acceptors (Lipinski definition) is 3. The molecule has 3 heterocycles. The summed E-state index contributed by atoms with van der Waals surface area (Å²) in [4.78, 5) is 31.5. The number of carbonyl (C=O) groups excluding carboxylic acids is 2. The van der Waals surface area contributed by atoms with Crippen LogP contribution in [0.4, 0.5) is 0 Å². The molecule has 1 saturated carbocycles. The summed E-state index contributed by atoms with van der Waals surface area (Å²) in [5.41, 5.74) is 1.05. The summed E-state index contributed by atoms with van der Waals surface area (Å²) in [7, 11) is 4.09. The molecule has 4 rings (SSSR count). The Labute approximate surface area is 162 Å².